The number of nitrogens with zero attached hydrogens (tertiary/aromatic N) is 1. The van der Waals surface area contributed by atoms with Crippen LogP contribution in [0.4, 0.5) is 0 Å². The summed E-state index contributed by atoms with van der Waals surface area (Å²) in [5.74, 6) is 2.13. The van der Waals surface area contributed by atoms with E-state index in [0.717, 1.165) is 30.7 Å². The number of carboxylic acid groups (broad SMARTS) is 1. The lowest BCUT2D eigenvalue weighted by molar-refractivity contribution is -0.217. The van der Waals surface area contributed by atoms with Crippen molar-refractivity contribution in [2.75, 3.05) is 0 Å². The number of thiazole rings is 1. The summed E-state index contributed by atoms with van der Waals surface area (Å²) < 4.78 is 0. The number of aromatic nitrogens is 1. The van der Waals surface area contributed by atoms with Gasteiger partial charge in [0.2, 0.25) is 0 Å². The van der Waals surface area contributed by atoms with Gasteiger partial charge in [0.15, 0.2) is 0 Å². The van der Waals surface area contributed by atoms with E-state index in [4.69, 9.17) is 0 Å². The van der Waals surface area contributed by atoms with Crippen molar-refractivity contribution in [3.8, 4) is 0 Å². The van der Waals surface area contributed by atoms with Crippen LogP contribution in [0.1, 0.15) is 120 Å². The molecule has 4 nitrogen and oxygen atoms in total. The topological polar surface area (TPSA) is 62.2 Å². The monoisotopic (exact) mass is 586 g/mol. The van der Waals surface area contributed by atoms with Gasteiger partial charge in [0.25, 0.3) is 0 Å². The van der Waals surface area contributed by atoms with Gasteiger partial charge in [-0.25, -0.2) is 9.78 Å². The Labute approximate surface area is 256 Å². The molecule has 8 atom stereocenters. The first-order chi connectivity index (χ1) is 19.9. The van der Waals surface area contributed by atoms with E-state index in [-0.39, 0.29) is 5.41 Å². The Morgan fingerprint density at radius 3 is 2.43 bits per heavy atom. The standard InChI is InChI=1S/C37H50N2O2S/c1-33(2)27(24-8-10-25(11-9-24)32(40)41)14-17-34(3)30(33)15-18-36(5)31(34)13-12-28-29-7-6-16-37(29,20-19-35(28,36)4)39-21-26-22-42-23-38-26/h8-11,14,22-23,28-31,39H,6-7,12-13,15-21H2,1-5H3,(H,40,41)/t28?,29?,30?,31?,34?,35-,36?,37?/m1/s1. The van der Waals surface area contributed by atoms with Gasteiger partial charge in [-0.1, -0.05) is 59.2 Å². The Morgan fingerprint density at radius 2 is 1.71 bits per heavy atom. The van der Waals surface area contributed by atoms with Crippen LogP contribution in [0.2, 0.25) is 0 Å². The first-order valence-electron chi connectivity index (χ1n) is 16.6. The van der Waals surface area contributed by atoms with Gasteiger partial charge in [-0.3, -0.25) is 0 Å². The van der Waals surface area contributed by atoms with Crippen LogP contribution in [0.5, 0.6) is 0 Å². The van der Waals surface area contributed by atoms with E-state index in [0.29, 0.717) is 33.3 Å². The molecule has 2 N–H and O–H groups in total. The number of carboxylic acids is 1. The van der Waals surface area contributed by atoms with Crippen LogP contribution in [0, 0.1) is 45.3 Å². The molecule has 0 amide bonds. The molecule has 1 aromatic carbocycles. The SMILES string of the molecule is CC1(C)C(c2ccc(C(=O)O)cc2)=CCC2(C)C1CCC1(C)C2CCC2C3CCCC3(NCc3cscn3)CC[C@]21C. The molecule has 0 saturated heterocycles. The highest BCUT2D eigenvalue weighted by Gasteiger charge is 2.69. The maximum Gasteiger partial charge on any atom is 0.335 e. The average Bonchev–Trinajstić information content (AvgIpc) is 3.63. The fourth-order valence-corrected chi connectivity index (χ4v) is 12.9. The zero-order valence-electron chi connectivity index (χ0n) is 26.3. The van der Waals surface area contributed by atoms with Gasteiger partial charge in [-0.15, -0.1) is 11.3 Å². The highest BCUT2D eigenvalue weighted by molar-refractivity contribution is 7.07. The minimum absolute atomic E-state index is 0.0591. The normalized spacial score (nSPS) is 42.1. The maximum absolute atomic E-state index is 11.5. The second-order valence-electron chi connectivity index (χ2n) is 16.1. The quantitative estimate of drug-likeness (QED) is 0.367. The molecule has 42 heavy (non-hydrogen) atoms. The third-order valence-electron chi connectivity index (χ3n) is 14.5. The van der Waals surface area contributed by atoms with Crippen molar-refractivity contribution in [3.63, 3.8) is 0 Å². The number of benzene rings is 1. The number of nitrogens with one attached hydrogen (secondary N) is 1. The molecule has 7 rings (SSSR count). The number of allylic oxidation sites excluding steroid dienone is 2. The van der Waals surface area contributed by atoms with Gasteiger partial charge in [0.1, 0.15) is 0 Å². The van der Waals surface area contributed by atoms with Crippen LogP contribution < -0.4 is 5.32 Å². The third kappa shape index (κ3) is 3.94. The van der Waals surface area contributed by atoms with E-state index < -0.39 is 5.97 Å². The van der Waals surface area contributed by atoms with Crippen molar-refractivity contribution in [2.24, 2.45) is 45.3 Å². The fraction of sp³-hybridized carbons (Fsp3) is 0.676. The second-order valence-corrected chi connectivity index (χ2v) is 16.8. The summed E-state index contributed by atoms with van der Waals surface area (Å²) >= 11 is 1.71. The van der Waals surface area contributed by atoms with Gasteiger partial charge in [0.05, 0.1) is 16.8 Å². The van der Waals surface area contributed by atoms with Gasteiger partial charge in [-0.2, -0.15) is 0 Å². The van der Waals surface area contributed by atoms with Crippen molar-refractivity contribution in [1.82, 2.24) is 10.3 Å². The Balaban J connectivity index is 1.18. The summed E-state index contributed by atoms with van der Waals surface area (Å²) in [5.41, 5.74) is 7.59. The van der Waals surface area contributed by atoms with Crippen LogP contribution in [0.25, 0.3) is 5.57 Å². The third-order valence-corrected chi connectivity index (χ3v) is 15.1. The first-order valence-corrected chi connectivity index (χ1v) is 17.6. The highest BCUT2D eigenvalue weighted by atomic mass is 32.1. The van der Waals surface area contributed by atoms with Gasteiger partial charge < -0.3 is 10.4 Å². The van der Waals surface area contributed by atoms with Gasteiger partial charge in [0, 0.05) is 17.5 Å². The smallest absolute Gasteiger partial charge is 0.335 e. The molecule has 0 bridgehead atoms. The number of hydrogen-bond donors (Lipinski definition) is 2. The highest BCUT2D eigenvalue weighted by Crippen LogP contribution is 2.76. The molecular formula is C37H50N2O2S. The van der Waals surface area contributed by atoms with Crippen molar-refractivity contribution < 1.29 is 9.90 Å². The molecular weight excluding hydrogens is 536 g/mol. The average molecular weight is 587 g/mol. The Morgan fingerprint density at radius 1 is 0.929 bits per heavy atom. The molecule has 226 valence electrons. The summed E-state index contributed by atoms with van der Waals surface area (Å²) in [7, 11) is 0. The van der Waals surface area contributed by atoms with E-state index in [9.17, 15) is 9.90 Å². The van der Waals surface area contributed by atoms with Gasteiger partial charge >= 0.3 is 5.97 Å². The minimum atomic E-state index is -0.852. The van der Waals surface area contributed by atoms with Crippen molar-refractivity contribution in [2.45, 2.75) is 111 Å². The predicted molar refractivity (Wildman–Crippen MR) is 171 cm³/mol. The summed E-state index contributed by atoms with van der Waals surface area (Å²) in [6.45, 7) is 14.0. The second kappa shape index (κ2) is 9.76. The maximum atomic E-state index is 11.5. The van der Waals surface area contributed by atoms with E-state index in [1.807, 2.05) is 17.6 Å². The molecule has 2 aromatic rings. The number of hydrogen-bond acceptors (Lipinski definition) is 4. The fourth-order valence-electron chi connectivity index (χ4n) is 12.4. The summed E-state index contributed by atoms with van der Waals surface area (Å²) in [5, 5.41) is 15.8. The molecule has 1 aromatic heterocycles. The van der Waals surface area contributed by atoms with Gasteiger partial charge in [-0.05, 0) is 126 Å². The largest absolute Gasteiger partial charge is 0.478 e. The van der Waals surface area contributed by atoms with Crippen molar-refractivity contribution >= 4 is 22.9 Å². The Hall–Kier alpha value is -1.98. The van der Waals surface area contributed by atoms with Crippen LogP contribution in [0.15, 0.2) is 41.2 Å². The Kier molecular flexibility index (Phi) is 6.69. The summed E-state index contributed by atoms with van der Waals surface area (Å²) in [6, 6.07) is 7.63. The molecule has 0 radical (unpaired) electrons. The predicted octanol–water partition coefficient (Wildman–Crippen LogP) is 9.23. The molecule has 1 heterocycles. The molecule has 4 fully saturated rings. The molecule has 5 aliphatic carbocycles. The molecule has 4 saturated carbocycles. The lowest BCUT2D eigenvalue weighted by Gasteiger charge is -2.72. The van der Waals surface area contributed by atoms with Crippen LogP contribution in [0.3, 0.4) is 0 Å². The number of carbonyl (C=O) groups is 1. The lowest BCUT2D eigenvalue weighted by atomic mass is 9.33. The number of fused-ring (bicyclic) bond motifs is 7. The van der Waals surface area contributed by atoms with Crippen LogP contribution in [-0.4, -0.2) is 21.6 Å². The molecule has 5 heteroatoms. The zero-order chi connectivity index (χ0) is 29.5. The van der Waals surface area contributed by atoms with Crippen LogP contribution in [-0.2, 0) is 6.54 Å². The first kappa shape index (κ1) is 28.8. The number of rotatable bonds is 5. The van der Waals surface area contributed by atoms with Crippen molar-refractivity contribution in [3.05, 3.63) is 58.1 Å². The zero-order valence-corrected chi connectivity index (χ0v) is 27.2. The van der Waals surface area contributed by atoms with E-state index in [1.54, 1.807) is 23.5 Å². The molecule has 7 unspecified atom stereocenters. The van der Waals surface area contributed by atoms with E-state index in [2.05, 4.69) is 56.4 Å². The number of aromatic carboxylic acids is 1. The van der Waals surface area contributed by atoms with Crippen LogP contribution >= 0.6 is 11.3 Å². The molecule has 0 aliphatic heterocycles. The molecule has 5 aliphatic rings. The molecule has 0 spiro atoms. The Bertz CT molecular complexity index is 1380. The van der Waals surface area contributed by atoms with E-state index in [1.165, 1.54) is 74.6 Å². The minimum Gasteiger partial charge on any atom is -0.478 e. The van der Waals surface area contributed by atoms with E-state index >= 15 is 0 Å². The lowest BCUT2D eigenvalue weighted by Crippen LogP contribution is -2.67. The van der Waals surface area contributed by atoms with Crippen molar-refractivity contribution in [1.29, 1.82) is 0 Å². The summed E-state index contributed by atoms with van der Waals surface area (Å²) in [4.78, 5) is 16.1. The summed E-state index contributed by atoms with van der Waals surface area (Å²) in [6.07, 6.45) is 15.9.